The van der Waals surface area contributed by atoms with Crippen LogP contribution in [0, 0.1) is 5.41 Å². The maximum absolute atomic E-state index is 13.9. The van der Waals surface area contributed by atoms with E-state index in [1.54, 1.807) is 19.1 Å². The summed E-state index contributed by atoms with van der Waals surface area (Å²) in [5.41, 5.74) is -3.10. The van der Waals surface area contributed by atoms with E-state index >= 15 is 0 Å². The Balaban J connectivity index is 1.48. The van der Waals surface area contributed by atoms with Crippen LogP contribution >= 0.6 is 11.5 Å². The number of piperidine rings is 1. The van der Waals surface area contributed by atoms with Crippen molar-refractivity contribution in [3.05, 3.63) is 54.1 Å². The number of nitrogens with one attached hydrogen (secondary N) is 1. The molecule has 1 aromatic carbocycles. The fourth-order valence-corrected chi connectivity index (χ4v) is 7.15. The molecule has 1 aromatic heterocycles. The summed E-state index contributed by atoms with van der Waals surface area (Å²) in [6.07, 6.45) is 0.134. The lowest BCUT2D eigenvalue weighted by molar-refractivity contribution is -0.282. The summed E-state index contributed by atoms with van der Waals surface area (Å²) in [6, 6.07) is 3.23. The van der Waals surface area contributed by atoms with Gasteiger partial charge in [-0.15, -0.1) is 0 Å². The first-order chi connectivity index (χ1) is 17.8. The van der Waals surface area contributed by atoms with E-state index in [0.717, 1.165) is 11.5 Å². The molecule has 1 unspecified atom stereocenters. The lowest BCUT2D eigenvalue weighted by atomic mass is 9.68. The predicted molar refractivity (Wildman–Crippen MR) is 132 cm³/mol. The van der Waals surface area contributed by atoms with Gasteiger partial charge in [0.1, 0.15) is 17.9 Å². The van der Waals surface area contributed by atoms with Crippen LogP contribution in [0.4, 0.5) is 22.7 Å². The smallest absolute Gasteiger partial charge is 0.417 e. The fraction of sp³-hybridized carbons (Fsp3) is 0.500. The highest BCUT2D eigenvalue weighted by molar-refractivity contribution is 7.93. The number of aliphatic hydroxyl groups is 1. The molecule has 5 rings (SSSR count). The van der Waals surface area contributed by atoms with Crippen molar-refractivity contribution in [3.8, 4) is 5.75 Å². The highest BCUT2D eigenvalue weighted by Crippen LogP contribution is 2.51. The first-order valence-electron chi connectivity index (χ1n) is 12.0. The van der Waals surface area contributed by atoms with E-state index in [-0.39, 0.29) is 29.6 Å². The van der Waals surface area contributed by atoms with Gasteiger partial charge in [-0.25, -0.2) is 17.8 Å². The summed E-state index contributed by atoms with van der Waals surface area (Å²) < 4.78 is 93.1. The van der Waals surface area contributed by atoms with Crippen molar-refractivity contribution in [1.82, 2.24) is 14.3 Å². The van der Waals surface area contributed by atoms with Gasteiger partial charge in [0.15, 0.2) is 5.60 Å². The Labute approximate surface area is 221 Å². The molecule has 0 saturated carbocycles. The average molecular weight is 575 g/mol. The highest BCUT2D eigenvalue weighted by Gasteiger charge is 2.59. The fourth-order valence-electron chi connectivity index (χ4n) is 5.48. The van der Waals surface area contributed by atoms with Gasteiger partial charge in [-0.05, 0) is 31.1 Å². The molecule has 3 heterocycles. The molecule has 0 bridgehead atoms. The summed E-state index contributed by atoms with van der Waals surface area (Å²) in [6.45, 7) is 1.93. The maximum atomic E-state index is 13.9. The van der Waals surface area contributed by atoms with E-state index in [0.29, 0.717) is 17.7 Å². The Morgan fingerprint density at radius 1 is 1.32 bits per heavy atom. The summed E-state index contributed by atoms with van der Waals surface area (Å²) in [7, 11) is -3.98. The summed E-state index contributed by atoms with van der Waals surface area (Å²) >= 11 is 0.884. The topological polar surface area (TPSA) is 105 Å². The van der Waals surface area contributed by atoms with Gasteiger partial charge >= 0.3 is 6.18 Å². The molecule has 1 aliphatic carbocycles. The molecule has 0 amide bonds. The number of fused-ring (bicyclic) bond motifs is 1. The standard InChI is InChI=1S/C24H26F4N4O4S2/c1-22(7-4-15(25)5-8-22)20-13-23(33,24(26,27)28)9-10-32(20)18-6-11-36-19-12-16(2-3-17(18)19)38(34,35)31-21-29-14-30-37-21/h2-5,7,12,14,18,20,33H,6,8-11,13H2,1H3,(H,29,30,31)/t18-,20+,22?,23+/m0/s1. The largest absolute Gasteiger partial charge is 0.493 e. The van der Waals surface area contributed by atoms with Crippen molar-refractivity contribution < 1.29 is 35.8 Å². The third kappa shape index (κ3) is 4.94. The van der Waals surface area contributed by atoms with Gasteiger partial charge in [0.2, 0.25) is 5.13 Å². The number of sulfonamides is 1. The maximum Gasteiger partial charge on any atom is 0.417 e. The minimum atomic E-state index is -4.82. The Morgan fingerprint density at radius 2 is 2.11 bits per heavy atom. The molecule has 38 heavy (non-hydrogen) atoms. The van der Waals surface area contributed by atoms with Gasteiger partial charge in [0.25, 0.3) is 10.0 Å². The second-order valence-electron chi connectivity index (χ2n) is 10.1. The van der Waals surface area contributed by atoms with Crippen LogP contribution in [-0.4, -0.2) is 58.8 Å². The second-order valence-corrected chi connectivity index (χ2v) is 12.5. The number of hydrogen-bond acceptors (Lipinski definition) is 8. The highest BCUT2D eigenvalue weighted by atomic mass is 32.2. The quantitative estimate of drug-likeness (QED) is 0.497. The van der Waals surface area contributed by atoms with E-state index in [2.05, 4.69) is 14.1 Å². The monoisotopic (exact) mass is 574 g/mol. The lowest BCUT2D eigenvalue weighted by Gasteiger charge is -2.54. The zero-order chi connectivity index (χ0) is 27.3. The van der Waals surface area contributed by atoms with Crippen molar-refractivity contribution in [2.75, 3.05) is 17.9 Å². The van der Waals surface area contributed by atoms with Gasteiger partial charge in [-0.2, -0.15) is 17.5 Å². The van der Waals surface area contributed by atoms with Crippen molar-refractivity contribution in [2.24, 2.45) is 5.41 Å². The Kier molecular flexibility index (Phi) is 6.81. The number of alkyl halides is 3. The molecule has 3 aliphatic rings. The number of benzene rings is 1. The summed E-state index contributed by atoms with van der Waals surface area (Å²) in [4.78, 5) is 5.69. The molecule has 2 aliphatic heterocycles. The number of aromatic nitrogens is 2. The molecule has 1 saturated heterocycles. The molecule has 4 atom stereocenters. The number of anilines is 1. The SMILES string of the molecule is CC1([C@H]2C[C@@](O)(C(F)(F)F)CCN2[C@H]2CCOc3cc(S(=O)(=O)Nc4ncns4)ccc32)C=CC(F)=CC1. The molecule has 14 heteroatoms. The van der Waals surface area contributed by atoms with E-state index in [9.17, 15) is 31.1 Å². The molecule has 0 spiro atoms. The first-order valence-corrected chi connectivity index (χ1v) is 14.2. The molecule has 0 radical (unpaired) electrons. The molecular weight excluding hydrogens is 548 g/mol. The van der Waals surface area contributed by atoms with Gasteiger partial charge in [-0.1, -0.05) is 19.1 Å². The van der Waals surface area contributed by atoms with E-state index in [1.807, 2.05) is 4.90 Å². The van der Waals surface area contributed by atoms with E-state index < -0.39 is 58.0 Å². The van der Waals surface area contributed by atoms with Crippen molar-refractivity contribution in [2.45, 2.75) is 61.4 Å². The molecule has 8 nitrogen and oxygen atoms in total. The minimum absolute atomic E-state index is 0.0565. The second kappa shape index (κ2) is 9.57. The van der Waals surface area contributed by atoms with Crippen LogP contribution in [0.15, 0.2) is 53.5 Å². The predicted octanol–water partition coefficient (Wildman–Crippen LogP) is 4.74. The van der Waals surface area contributed by atoms with Gasteiger partial charge in [0, 0.05) is 60.0 Å². The molecular formula is C24H26F4N4O4S2. The van der Waals surface area contributed by atoms with Crippen LogP contribution in [0.3, 0.4) is 0 Å². The average Bonchev–Trinajstić information content (AvgIpc) is 3.37. The van der Waals surface area contributed by atoms with Crippen molar-refractivity contribution in [3.63, 3.8) is 0 Å². The van der Waals surface area contributed by atoms with Gasteiger partial charge in [0.05, 0.1) is 11.5 Å². The lowest BCUT2D eigenvalue weighted by Crippen LogP contribution is -2.61. The first kappa shape index (κ1) is 27.0. The zero-order valence-electron chi connectivity index (χ0n) is 20.3. The molecule has 2 N–H and O–H groups in total. The Bertz CT molecular complexity index is 1370. The number of ether oxygens (including phenoxy) is 1. The zero-order valence-corrected chi connectivity index (χ0v) is 21.9. The number of nitrogens with zero attached hydrogens (tertiary/aromatic N) is 3. The number of likely N-dealkylation sites (tertiary alicyclic amines) is 1. The molecule has 206 valence electrons. The van der Waals surface area contributed by atoms with Crippen LogP contribution in [0.25, 0.3) is 0 Å². The van der Waals surface area contributed by atoms with Crippen molar-refractivity contribution in [1.29, 1.82) is 0 Å². The van der Waals surface area contributed by atoms with E-state index in [4.69, 9.17) is 4.74 Å². The number of halogens is 4. The van der Waals surface area contributed by atoms with Crippen LogP contribution in [0.5, 0.6) is 5.75 Å². The summed E-state index contributed by atoms with van der Waals surface area (Å²) in [5, 5.41) is 10.8. The third-order valence-corrected chi connectivity index (χ3v) is 9.70. The van der Waals surface area contributed by atoms with Crippen LogP contribution in [-0.2, 0) is 10.0 Å². The number of hydrogen-bond donors (Lipinski definition) is 2. The van der Waals surface area contributed by atoms with Crippen LogP contribution in [0.1, 0.15) is 44.2 Å². The minimum Gasteiger partial charge on any atom is -0.493 e. The van der Waals surface area contributed by atoms with Gasteiger partial charge in [-0.3, -0.25) is 9.62 Å². The van der Waals surface area contributed by atoms with Crippen LogP contribution < -0.4 is 9.46 Å². The summed E-state index contributed by atoms with van der Waals surface area (Å²) in [5.74, 6) is -0.143. The Hall–Kier alpha value is -2.55. The number of rotatable bonds is 5. The third-order valence-electron chi connectivity index (χ3n) is 7.65. The molecule has 1 fully saturated rings. The molecule has 2 aromatic rings. The van der Waals surface area contributed by atoms with E-state index in [1.165, 1.54) is 30.6 Å². The normalized spacial score (nSPS) is 30.3. The van der Waals surface area contributed by atoms with Crippen LogP contribution in [0.2, 0.25) is 0 Å². The Morgan fingerprint density at radius 3 is 2.76 bits per heavy atom. The number of allylic oxidation sites excluding steroid dienone is 3. The van der Waals surface area contributed by atoms with Gasteiger partial charge < -0.3 is 9.84 Å². The van der Waals surface area contributed by atoms with Crippen molar-refractivity contribution >= 4 is 26.7 Å².